The highest BCUT2D eigenvalue weighted by Gasteiger charge is 2.32. The first kappa shape index (κ1) is 21.9. The number of halogens is 1. The number of hydrogen-bond acceptors (Lipinski definition) is 5. The van der Waals surface area contributed by atoms with Crippen LogP contribution in [0.2, 0.25) is 0 Å². The lowest BCUT2D eigenvalue weighted by Gasteiger charge is -2.36. The molecule has 172 valence electrons. The van der Waals surface area contributed by atoms with Crippen LogP contribution in [-0.4, -0.2) is 41.9 Å². The maximum atomic E-state index is 15.0. The molecule has 1 saturated heterocycles. The maximum absolute atomic E-state index is 15.0. The minimum Gasteiger partial charge on any atom is -0.481 e. The van der Waals surface area contributed by atoms with Crippen LogP contribution in [0.5, 0.6) is 0 Å². The number of furan rings is 1. The Morgan fingerprint density at radius 2 is 1.88 bits per heavy atom. The van der Waals surface area contributed by atoms with Gasteiger partial charge in [-0.1, -0.05) is 41.6 Å². The molecule has 3 aromatic carbocycles. The average Bonchev–Trinajstić information content (AvgIpc) is 3.23. The number of fused-ring (bicyclic) bond motifs is 1. The van der Waals surface area contributed by atoms with E-state index in [-0.39, 0.29) is 11.7 Å². The van der Waals surface area contributed by atoms with E-state index in [2.05, 4.69) is 5.16 Å². The molecule has 1 aliphatic heterocycles. The molecule has 0 saturated carbocycles. The Bertz CT molecular complexity index is 1370. The van der Waals surface area contributed by atoms with Crippen molar-refractivity contribution in [1.82, 2.24) is 4.90 Å². The molecular formula is C27H23FN2O4. The highest BCUT2D eigenvalue weighted by atomic mass is 19.1. The monoisotopic (exact) mass is 458 g/mol. The lowest BCUT2D eigenvalue weighted by Crippen LogP contribution is -2.49. The van der Waals surface area contributed by atoms with E-state index in [0.717, 1.165) is 22.1 Å². The van der Waals surface area contributed by atoms with Crippen LogP contribution in [0.15, 0.2) is 82.4 Å². The first-order valence-electron chi connectivity index (χ1n) is 11.0. The molecule has 0 spiro atoms. The summed E-state index contributed by atoms with van der Waals surface area (Å²) in [5, 5.41) is 14.0. The van der Waals surface area contributed by atoms with Crippen molar-refractivity contribution in [2.75, 3.05) is 20.2 Å². The van der Waals surface area contributed by atoms with E-state index in [0.29, 0.717) is 42.3 Å². The predicted octanol–water partition coefficient (Wildman–Crippen LogP) is 5.15. The van der Waals surface area contributed by atoms with E-state index >= 15 is 0 Å². The third kappa shape index (κ3) is 4.30. The Balaban J connectivity index is 1.39. The Labute approximate surface area is 195 Å². The molecule has 0 unspecified atom stereocenters. The molecule has 0 amide bonds. The normalized spacial score (nSPS) is 14.8. The van der Waals surface area contributed by atoms with Crippen molar-refractivity contribution < 1.29 is 23.5 Å². The molecular weight excluding hydrogens is 435 g/mol. The quantitative estimate of drug-likeness (QED) is 0.306. The van der Waals surface area contributed by atoms with E-state index in [4.69, 9.17) is 14.4 Å². The van der Waals surface area contributed by atoms with Gasteiger partial charge in [-0.25, -0.2) is 4.39 Å². The fourth-order valence-corrected chi connectivity index (χ4v) is 4.25. The average molecular weight is 458 g/mol. The van der Waals surface area contributed by atoms with Gasteiger partial charge in [-0.3, -0.25) is 9.69 Å². The number of benzene rings is 3. The van der Waals surface area contributed by atoms with Crippen molar-refractivity contribution in [2.45, 2.75) is 6.54 Å². The number of carbonyl (C=O) groups is 1. The Morgan fingerprint density at radius 1 is 1.09 bits per heavy atom. The summed E-state index contributed by atoms with van der Waals surface area (Å²) in [7, 11) is 1.51. The molecule has 5 rings (SSSR count). The van der Waals surface area contributed by atoms with Crippen LogP contribution in [0, 0.1) is 11.7 Å². The van der Waals surface area contributed by atoms with Crippen LogP contribution >= 0.6 is 0 Å². The van der Waals surface area contributed by atoms with Gasteiger partial charge in [0.2, 0.25) is 0 Å². The summed E-state index contributed by atoms with van der Waals surface area (Å²) >= 11 is 0. The Kier molecular flexibility index (Phi) is 5.86. The summed E-state index contributed by atoms with van der Waals surface area (Å²) in [6.45, 7) is 1.50. The van der Waals surface area contributed by atoms with Crippen LogP contribution in [0.4, 0.5) is 4.39 Å². The molecule has 2 heterocycles. The fourth-order valence-electron chi connectivity index (χ4n) is 4.25. The number of carboxylic acids is 1. The number of aliphatic carboxylic acids is 1. The van der Waals surface area contributed by atoms with Crippen molar-refractivity contribution in [3.8, 4) is 11.3 Å². The number of carboxylic acid groups (broad SMARTS) is 1. The number of oxime groups is 1. The smallest absolute Gasteiger partial charge is 0.309 e. The van der Waals surface area contributed by atoms with Gasteiger partial charge in [-0.2, -0.15) is 0 Å². The van der Waals surface area contributed by atoms with Gasteiger partial charge in [-0.05, 0) is 42.0 Å². The van der Waals surface area contributed by atoms with Gasteiger partial charge in [0.1, 0.15) is 30.0 Å². The zero-order valence-corrected chi connectivity index (χ0v) is 18.6. The maximum Gasteiger partial charge on any atom is 0.309 e. The van der Waals surface area contributed by atoms with Gasteiger partial charge in [-0.15, -0.1) is 0 Å². The molecule has 1 fully saturated rings. The van der Waals surface area contributed by atoms with Gasteiger partial charge in [0, 0.05) is 36.1 Å². The molecule has 7 heteroatoms. The third-order valence-corrected chi connectivity index (χ3v) is 6.03. The minimum atomic E-state index is -0.782. The molecule has 4 aromatic rings. The van der Waals surface area contributed by atoms with Crippen LogP contribution in [0.1, 0.15) is 16.7 Å². The highest BCUT2D eigenvalue weighted by Crippen LogP contribution is 2.31. The van der Waals surface area contributed by atoms with Crippen LogP contribution in [0.3, 0.4) is 0 Å². The SMILES string of the molecule is CO/N=C(\c1ccccc1)c1ccc2oc(-c3ccc(CN4CC(C(=O)O)C4)cc3F)cc2c1. The predicted molar refractivity (Wildman–Crippen MR) is 127 cm³/mol. The molecule has 34 heavy (non-hydrogen) atoms. The van der Waals surface area contributed by atoms with Crippen LogP contribution < -0.4 is 0 Å². The third-order valence-electron chi connectivity index (χ3n) is 6.03. The van der Waals surface area contributed by atoms with E-state index < -0.39 is 5.97 Å². The van der Waals surface area contributed by atoms with Crippen molar-refractivity contribution in [2.24, 2.45) is 11.1 Å². The summed E-state index contributed by atoms with van der Waals surface area (Å²) in [5.41, 5.74) is 4.30. The summed E-state index contributed by atoms with van der Waals surface area (Å²) < 4.78 is 20.9. The molecule has 0 radical (unpaired) electrons. The lowest BCUT2D eigenvalue weighted by molar-refractivity contribution is -0.147. The van der Waals surface area contributed by atoms with Crippen LogP contribution in [-0.2, 0) is 16.2 Å². The minimum absolute atomic E-state index is 0.332. The second-order valence-corrected chi connectivity index (χ2v) is 8.40. The van der Waals surface area contributed by atoms with Gasteiger partial charge in [0.25, 0.3) is 0 Å². The van der Waals surface area contributed by atoms with Gasteiger partial charge in [0.05, 0.1) is 11.5 Å². The second kappa shape index (κ2) is 9.11. The Morgan fingerprint density at radius 3 is 2.59 bits per heavy atom. The lowest BCUT2D eigenvalue weighted by atomic mass is 9.99. The van der Waals surface area contributed by atoms with Crippen molar-refractivity contribution >= 4 is 22.7 Å². The van der Waals surface area contributed by atoms with Crippen molar-refractivity contribution in [3.05, 3.63) is 95.3 Å². The van der Waals surface area contributed by atoms with Crippen LogP contribution in [0.25, 0.3) is 22.3 Å². The molecule has 6 nitrogen and oxygen atoms in total. The summed E-state index contributed by atoms with van der Waals surface area (Å²) in [6, 6.07) is 22.3. The van der Waals surface area contributed by atoms with E-state index in [1.807, 2.05) is 65.6 Å². The van der Waals surface area contributed by atoms with Crippen molar-refractivity contribution in [3.63, 3.8) is 0 Å². The van der Waals surface area contributed by atoms with Gasteiger partial charge >= 0.3 is 5.97 Å². The van der Waals surface area contributed by atoms with Gasteiger partial charge in [0.15, 0.2) is 0 Å². The molecule has 1 aromatic heterocycles. The summed E-state index contributed by atoms with van der Waals surface area (Å²) in [5.74, 6) is -1.05. The first-order chi connectivity index (χ1) is 16.5. The molecule has 1 N–H and O–H groups in total. The highest BCUT2D eigenvalue weighted by molar-refractivity contribution is 6.13. The zero-order valence-electron chi connectivity index (χ0n) is 18.6. The standard InChI is InChI=1S/C27H23FN2O4/c1-33-29-26(18-5-3-2-4-6-18)19-8-10-24-20(12-19)13-25(34-24)22-9-7-17(11-23(22)28)14-30-15-21(16-30)27(31)32/h2-13,21H,14-16H2,1H3,(H,31,32)/b29-26+. The number of hydrogen-bond donors (Lipinski definition) is 1. The molecule has 0 bridgehead atoms. The second-order valence-electron chi connectivity index (χ2n) is 8.40. The zero-order chi connectivity index (χ0) is 23.7. The largest absolute Gasteiger partial charge is 0.481 e. The summed E-state index contributed by atoms with van der Waals surface area (Å²) in [4.78, 5) is 18.0. The first-order valence-corrected chi connectivity index (χ1v) is 11.0. The molecule has 0 atom stereocenters. The molecule has 1 aliphatic rings. The number of nitrogens with zero attached hydrogens (tertiary/aromatic N) is 2. The number of rotatable bonds is 7. The fraction of sp³-hybridized carbons (Fsp3) is 0.185. The van der Waals surface area contributed by atoms with Crippen molar-refractivity contribution in [1.29, 1.82) is 0 Å². The van der Waals surface area contributed by atoms with E-state index in [1.54, 1.807) is 6.07 Å². The van der Waals surface area contributed by atoms with Gasteiger partial charge < -0.3 is 14.4 Å². The number of likely N-dealkylation sites (tertiary alicyclic amines) is 1. The Hall–Kier alpha value is -3.97. The topological polar surface area (TPSA) is 75.3 Å². The molecule has 0 aliphatic carbocycles. The van der Waals surface area contributed by atoms with E-state index in [1.165, 1.54) is 13.2 Å². The van der Waals surface area contributed by atoms with E-state index in [9.17, 15) is 9.18 Å². The summed E-state index contributed by atoms with van der Waals surface area (Å²) in [6.07, 6.45) is 0.